The highest BCUT2D eigenvalue weighted by molar-refractivity contribution is 9.10. The van der Waals surface area contributed by atoms with Crippen LogP contribution in [0.5, 0.6) is 11.5 Å². The minimum atomic E-state index is 0.0136. The number of aliphatic hydroxyl groups excluding tert-OH is 2. The summed E-state index contributed by atoms with van der Waals surface area (Å²) < 4.78 is 1.75. The van der Waals surface area contributed by atoms with E-state index in [2.05, 4.69) is 52.3 Å². The molecule has 0 atom stereocenters. The van der Waals surface area contributed by atoms with E-state index in [-0.39, 0.29) is 31.1 Å². The second kappa shape index (κ2) is 13.7. The maximum absolute atomic E-state index is 11.6. The fourth-order valence-corrected chi connectivity index (χ4v) is 6.12. The Labute approximate surface area is 276 Å². The predicted octanol–water partition coefficient (Wildman–Crippen LogP) is 6.31. The summed E-state index contributed by atoms with van der Waals surface area (Å²) in [4.78, 5) is 2.89. The third-order valence-electron chi connectivity index (χ3n) is 7.70. The maximum atomic E-state index is 11.6. The van der Waals surface area contributed by atoms with Crippen molar-refractivity contribution in [3.05, 3.63) is 91.9 Å². The van der Waals surface area contributed by atoms with E-state index in [1.807, 2.05) is 60.7 Å². The number of benzene rings is 4. The van der Waals surface area contributed by atoms with Gasteiger partial charge in [-0.1, -0.05) is 44.0 Å². The molecule has 0 aliphatic rings. The fourth-order valence-electron chi connectivity index (χ4n) is 5.43. The molecule has 2 heterocycles. The molecule has 0 spiro atoms. The quantitative estimate of drug-likeness (QED) is 0.107. The van der Waals surface area contributed by atoms with Crippen LogP contribution in [-0.4, -0.2) is 63.6 Å². The van der Waals surface area contributed by atoms with Gasteiger partial charge in [-0.3, -0.25) is 0 Å². The lowest BCUT2D eigenvalue weighted by Crippen LogP contribution is -2.06. The van der Waals surface area contributed by atoms with Crippen LogP contribution in [-0.2, 0) is 19.3 Å². The molecule has 45 heavy (non-hydrogen) atoms. The van der Waals surface area contributed by atoms with Gasteiger partial charge in [0, 0.05) is 39.7 Å². The van der Waals surface area contributed by atoms with Crippen LogP contribution in [0, 0.1) is 0 Å². The van der Waals surface area contributed by atoms with Crippen LogP contribution >= 0.6 is 31.9 Å². The predicted molar refractivity (Wildman–Crippen MR) is 179 cm³/mol. The Morgan fingerprint density at radius 1 is 0.533 bits per heavy atom. The molecule has 0 saturated carbocycles. The van der Waals surface area contributed by atoms with E-state index < -0.39 is 0 Å². The van der Waals surface area contributed by atoms with Gasteiger partial charge in [-0.15, -0.1) is 30.0 Å². The van der Waals surface area contributed by atoms with Gasteiger partial charge < -0.3 is 20.4 Å². The number of hydrogen-bond acceptors (Lipinski definition) is 8. The minimum absolute atomic E-state index is 0.0136. The zero-order valence-electron chi connectivity index (χ0n) is 24.4. The Balaban J connectivity index is 1.45. The number of phenolic OH excluding ortho intramolecular Hbond substituents is 2. The number of halogens is 2. The number of aromatic nitrogens is 6. The summed E-state index contributed by atoms with van der Waals surface area (Å²) in [6, 6.07) is 18.9. The standard InChI is InChI=1S/C33H32Br2N6O4/c34-24-7-9-26-28(18-24)38-40(36-26)30-15-20(5-1-3-11-42)13-22(32(30)44)17-23-14-21(6-2-4-12-43)16-31(33(23)45)41-37-27-10-8-25(35)19-29(27)39-41/h7-10,13-16,18-19,42-45H,1-6,11-12,17H2. The average Bonchev–Trinajstić information content (AvgIpc) is 3.63. The number of unbranched alkanes of at least 4 members (excludes halogenated alkanes) is 2. The molecule has 4 aromatic carbocycles. The van der Waals surface area contributed by atoms with Crippen molar-refractivity contribution in [3.63, 3.8) is 0 Å². The maximum Gasteiger partial charge on any atom is 0.146 e. The lowest BCUT2D eigenvalue weighted by molar-refractivity contribution is 0.284. The largest absolute Gasteiger partial charge is 0.505 e. The van der Waals surface area contributed by atoms with Crippen LogP contribution in [0.1, 0.15) is 47.9 Å². The first kappa shape index (κ1) is 31.2. The van der Waals surface area contributed by atoms with Crippen molar-refractivity contribution in [2.45, 2.75) is 44.9 Å². The topological polar surface area (TPSA) is 142 Å². The lowest BCUT2D eigenvalue weighted by Gasteiger charge is -2.16. The van der Waals surface area contributed by atoms with Crippen molar-refractivity contribution in [2.24, 2.45) is 0 Å². The highest BCUT2D eigenvalue weighted by Crippen LogP contribution is 2.36. The Bertz CT molecular complexity index is 1850. The zero-order chi connectivity index (χ0) is 31.5. The van der Waals surface area contributed by atoms with Gasteiger partial charge in [-0.25, -0.2) is 0 Å². The van der Waals surface area contributed by atoms with Crippen molar-refractivity contribution in [2.75, 3.05) is 13.2 Å². The van der Waals surface area contributed by atoms with E-state index in [0.29, 0.717) is 70.3 Å². The van der Waals surface area contributed by atoms with E-state index >= 15 is 0 Å². The van der Waals surface area contributed by atoms with E-state index in [0.717, 1.165) is 32.9 Å². The fraction of sp³-hybridized carbons (Fsp3) is 0.273. The van der Waals surface area contributed by atoms with Gasteiger partial charge in [0.25, 0.3) is 0 Å². The van der Waals surface area contributed by atoms with Crippen molar-refractivity contribution in [1.82, 2.24) is 30.0 Å². The SMILES string of the molecule is OCCCCc1cc(Cc2cc(CCCCO)cc(-n3nc4ccc(Br)cc4n3)c2O)c(O)c(-n2nc3ccc(Br)cc3n2)c1. The molecule has 12 heteroatoms. The summed E-state index contributed by atoms with van der Waals surface area (Å²) in [5, 5.41) is 60.5. The molecule has 10 nitrogen and oxygen atoms in total. The summed E-state index contributed by atoms with van der Waals surface area (Å²) in [5.41, 5.74) is 6.72. The van der Waals surface area contributed by atoms with Crippen LogP contribution < -0.4 is 0 Å². The molecule has 0 bridgehead atoms. The van der Waals surface area contributed by atoms with Gasteiger partial charge in [0.1, 0.15) is 44.9 Å². The number of aliphatic hydroxyl groups is 2. The highest BCUT2D eigenvalue weighted by Gasteiger charge is 2.20. The molecule has 6 aromatic rings. The van der Waals surface area contributed by atoms with Gasteiger partial charge in [0.2, 0.25) is 0 Å². The molecule has 0 saturated heterocycles. The van der Waals surface area contributed by atoms with Gasteiger partial charge in [-0.2, -0.15) is 0 Å². The third-order valence-corrected chi connectivity index (χ3v) is 8.69. The molecule has 0 amide bonds. The summed E-state index contributed by atoms with van der Waals surface area (Å²) in [6.07, 6.45) is 4.45. The number of phenols is 2. The van der Waals surface area contributed by atoms with E-state index in [1.165, 1.54) is 9.59 Å². The molecule has 0 aliphatic heterocycles. The molecule has 0 fully saturated rings. The number of nitrogens with zero attached hydrogens (tertiary/aromatic N) is 6. The molecular weight excluding hydrogens is 704 g/mol. The van der Waals surface area contributed by atoms with Crippen molar-refractivity contribution in [1.29, 1.82) is 0 Å². The van der Waals surface area contributed by atoms with Gasteiger partial charge in [0.15, 0.2) is 0 Å². The summed E-state index contributed by atoms with van der Waals surface area (Å²) >= 11 is 6.96. The summed E-state index contributed by atoms with van der Waals surface area (Å²) in [5.74, 6) is 0.0273. The van der Waals surface area contributed by atoms with Crippen molar-refractivity contribution < 1.29 is 20.4 Å². The summed E-state index contributed by atoms with van der Waals surface area (Å²) in [6.45, 7) is 0.206. The monoisotopic (exact) mass is 734 g/mol. The molecule has 0 unspecified atom stereocenters. The van der Waals surface area contributed by atoms with Gasteiger partial charge in [0.05, 0.1) is 0 Å². The molecule has 0 radical (unpaired) electrons. The third kappa shape index (κ3) is 6.89. The van der Waals surface area contributed by atoms with Gasteiger partial charge in [-0.05, 0) is 98.2 Å². The smallest absolute Gasteiger partial charge is 0.146 e. The Kier molecular flexibility index (Phi) is 9.45. The second-order valence-corrected chi connectivity index (χ2v) is 12.9. The number of aryl methyl sites for hydroxylation is 2. The Morgan fingerprint density at radius 3 is 1.38 bits per heavy atom. The van der Waals surface area contributed by atoms with Crippen LogP contribution in [0.4, 0.5) is 0 Å². The Hall–Kier alpha value is -3.84. The molecule has 0 aliphatic carbocycles. The first-order chi connectivity index (χ1) is 21.8. The van der Waals surface area contributed by atoms with Crippen LogP contribution in [0.15, 0.2) is 69.6 Å². The van der Waals surface area contributed by atoms with E-state index in [1.54, 1.807) is 0 Å². The average molecular weight is 736 g/mol. The van der Waals surface area contributed by atoms with Crippen molar-refractivity contribution >= 4 is 53.9 Å². The molecule has 232 valence electrons. The first-order valence-electron chi connectivity index (χ1n) is 14.8. The Morgan fingerprint density at radius 2 is 0.956 bits per heavy atom. The second-order valence-electron chi connectivity index (χ2n) is 11.0. The zero-order valence-corrected chi connectivity index (χ0v) is 27.5. The first-order valence-corrected chi connectivity index (χ1v) is 16.4. The number of aromatic hydroxyl groups is 2. The molecule has 2 aromatic heterocycles. The van der Waals surface area contributed by atoms with Crippen LogP contribution in [0.2, 0.25) is 0 Å². The lowest BCUT2D eigenvalue weighted by atomic mass is 9.95. The van der Waals surface area contributed by atoms with E-state index in [9.17, 15) is 20.4 Å². The minimum Gasteiger partial charge on any atom is -0.505 e. The van der Waals surface area contributed by atoms with Gasteiger partial charge >= 0.3 is 0 Å². The molecule has 4 N–H and O–H groups in total. The van der Waals surface area contributed by atoms with Crippen LogP contribution in [0.3, 0.4) is 0 Å². The summed E-state index contributed by atoms with van der Waals surface area (Å²) in [7, 11) is 0. The normalized spacial score (nSPS) is 11.6. The number of hydrogen-bond donors (Lipinski definition) is 4. The number of fused-ring (bicyclic) bond motifs is 2. The van der Waals surface area contributed by atoms with E-state index in [4.69, 9.17) is 0 Å². The molecular formula is C33H32Br2N6O4. The highest BCUT2D eigenvalue weighted by atomic mass is 79.9. The molecule has 6 rings (SSSR count). The van der Waals surface area contributed by atoms with Crippen molar-refractivity contribution in [3.8, 4) is 22.9 Å². The van der Waals surface area contributed by atoms with Crippen LogP contribution in [0.25, 0.3) is 33.4 Å². The number of rotatable bonds is 12.